The van der Waals surface area contributed by atoms with Gasteiger partial charge in [-0.1, -0.05) is 37.3 Å². The van der Waals surface area contributed by atoms with Crippen LogP contribution in [0.25, 0.3) is 0 Å². The molecule has 1 aliphatic heterocycles. The highest BCUT2D eigenvalue weighted by atomic mass is 32.1. The number of amides is 3. The van der Waals surface area contributed by atoms with Crippen molar-refractivity contribution in [2.45, 2.75) is 46.3 Å². The number of fused-ring (bicyclic) bond motifs is 1. The number of rotatable bonds is 9. The Kier molecular flexibility index (Phi) is 7.92. The van der Waals surface area contributed by atoms with Crippen LogP contribution in [-0.2, 0) is 24.3 Å². The second-order valence-electron chi connectivity index (χ2n) is 8.68. The molecule has 3 aromatic rings. The van der Waals surface area contributed by atoms with Gasteiger partial charge >= 0.3 is 6.03 Å². The van der Waals surface area contributed by atoms with Crippen LogP contribution in [-0.4, -0.2) is 41.1 Å². The Morgan fingerprint density at radius 2 is 1.83 bits per heavy atom. The van der Waals surface area contributed by atoms with Gasteiger partial charge in [-0.3, -0.25) is 4.79 Å². The van der Waals surface area contributed by atoms with Crippen molar-refractivity contribution in [3.05, 3.63) is 76.0 Å². The van der Waals surface area contributed by atoms with E-state index in [1.807, 2.05) is 80.7 Å². The summed E-state index contributed by atoms with van der Waals surface area (Å²) in [6.45, 7) is 6.94. The molecule has 0 aliphatic carbocycles. The maximum atomic E-state index is 13.6. The fraction of sp³-hybridized carbons (Fsp3) is 0.333. The van der Waals surface area contributed by atoms with Crippen LogP contribution in [0.3, 0.4) is 0 Å². The van der Waals surface area contributed by atoms with Crippen LogP contribution in [0.2, 0.25) is 0 Å². The number of urea groups is 1. The second-order valence-corrected chi connectivity index (χ2v) is 9.71. The SMILES string of the molecule is CCc1ccccc1NC(=O)N(CC(=O)N(Cc1ccc2c(c1)OCO2)Cc1cccs1)C(C)C. The van der Waals surface area contributed by atoms with E-state index in [9.17, 15) is 9.59 Å². The van der Waals surface area contributed by atoms with Crippen molar-refractivity contribution < 1.29 is 19.1 Å². The van der Waals surface area contributed by atoms with E-state index in [4.69, 9.17) is 9.47 Å². The second kappa shape index (κ2) is 11.3. The Bertz CT molecular complexity index is 1160. The molecule has 8 heteroatoms. The third-order valence-electron chi connectivity index (χ3n) is 5.92. The minimum absolute atomic E-state index is 0.0201. The molecule has 0 unspecified atom stereocenters. The highest BCUT2D eigenvalue weighted by Gasteiger charge is 2.25. The van der Waals surface area contributed by atoms with Crippen molar-refractivity contribution >= 4 is 29.0 Å². The average Bonchev–Trinajstić information content (AvgIpc) is 3.53. The topological polar surface area (TPSA) is 71.1 Å². The Balaban J connectivity index is 1.50. The summed E-state index contributed by atoms with van der Waals surface area (Å²) in [7, 11) is 0. The molecule has 7 nitrogen and oxygen atoms in total. The van der Waals surface area contributed by atoms with Gasteiger partial charge in [0.25, 0.3) is 0 Å². The number of aryl methyl sites for hydroxylation is 1. The molecule has 1 aliphatic rings. The molecule has 2 aromatic carbocycles. The Hall–Kier alpha value is -3.52. The van der Waals surface area contributed by atoms with Crippen LogP contribution in [0.15, 0.2) is 60.0 Å². The third-order valence-corrected chi connectivity index (χ3v) is 6.78. The van der Waals surface area contributed by atoms with Crippen LogP contribution >= 0.6 is 11.3 Å². The van der Waals surface area contributed by atoms with E-state index < -0.39 is 0 Å². The lowest BCUT2D eigenvalue weighted by molar-refractivity contribution is -0.133. The number of carbonyl (C=O) groups excluding carboxylic acids is 2. The van der Waals surface area contributed by atoms with Gasteiger partial charge in [-0.05, 0) is 61.0 Å². The largest absolute Gasteiger partial charge is 0.454 e. The number of nitrogens with zero attached hydrogens (tertiary/aromatic N) is 2. The number of ether oxygens (including phenoxy) is 2. The summed E-state index contributed by atoms with van der Waals surface area (Å²) >= 11 is 1.61. The maximum Gasteiger partial charge on any atom is 0.322 e. The van der Waals surface area contributed by atoms with Crippen molar-refractivity contribution in [2.75, 3.05) is 18.7 Å². The lowest BCUT2D eigenvalue weighted by Gasteiger charge is -2.30. The number of hydrogen-bond acceptors (Lipinski definition) is 5. The molecule has 184 valence electrons. The molecule has 0 bridgehead atoms. The van der Waals surface area contributed by atoms with Crippen molar-refractivity contribution in [1.82, 2.24) is 9.80 Å². The number of carbonyl (C=O) groups is 2. The average molecular weight is 494 g/mol. The van der Waals surface area contributed by atoms with E-state index in [2.05, 4.69) is 5.32 Å². The highest BCUT2D eigenvalue weighted by molar-refractivity contribution is 7.09. The maximum absolute atomic E-state index is 13.6. The van der Waals surface area contributed by atoms with Gasteiger partial charge in [0, 0.05) is 23.2 Å². The number of benzene rings is 2. The Labute approximate surface area is 210 Å². The third kappa shape index (κ3) is 6.14. The molecule has 0 spiro atoms. The minimum atomic E-state index is -0.284. The van der Waals surface area contributed by atoms with Crippen LogP contribution in [0, 0.1) is 0 Å². The first-order valence-electron chi connectivity index (χ1n) is 11.8. The van der Waals surface area contributed by atoms with E-state index in [-0.39, 0.29) is 31.3 Å². The summed E-state index contributed by atoms with van der Waals surface area (Å²) in [6.07, 6.45) is 0.807. The number of hydrogen-bond donors (Lipinski definition) is 1. The molecule has 35 heavy (non-hydrogen) atoms. The zero-order chi connectivity index (χ0) is 24.8. The lowest BCUT2D eigenvalue weighted by atomic mass is 10.1. The molecule has 4 rings (SSSR count). The molecule has 1 aromatic heterocycles. The molecule has 0 radical (unpaired) electrons. The molecule has 0 fully saturated rings. The summed E-state index contributed by atoms with van der Waals surface area (Å²) in [6, 6.07) is 17.0. The van der Waals surface area contributed by atoms with Gasteiger partial charge in [0.2, 0.25) is 12.7 Å². The summed E-state index contributed by atoms with van der Waals surface area (Å²) in [4.78, 5) is 31.2. The van der Waals surface area contributed by atoms with Gasteiger partial charge < -0.3 is 24.6 Å². The standard InChI is InChI=1S/C27H31N3O4S/c1-4-21-8-5-6-10-23(21)28-27(32)30(19(2)3)17-26(31)29(16-22-9-7-13-35-22)15-20-11-12-24-25(14-20)34-18-33-24/h5-14,19H,4,15-18H2,1-3H3,(H,28,32). The number of para-hydroxylation sites is 1. The minimum Gasteiger partial charge on any atom is -0.454 e. The molecule has 0 saturated carbocycles. The van der Waals surface area contributed by atoms with Crippen molar-refractivity contribution in [1.29, 1.82) is 0 Å². The van der Waals surface area contributed by atoms with Crippen LogP contribution in [0.1, 0.15) is 36.8 Å². The fourth-order valence-electron chi connectivity index (χ4n) is 3.95. The zero-order valence-electron chi connectivity index (χ0n) is 20.3. The highest BCUT2D eigenvalue weighted by Crippen LogP contribution is 2.33. The number of thiophene rings is 1. The van der Waals surface area contributed by atoms with Gasteiger partial charge in [-0.15, -0.1) is 11.3 Å². The molecule has 2 heterocycles. The van der Waals surface area contributed by atoms with E-state index in [0.717, 1.165) is 28.1 Å². The lowest BCUT2D eigenvalue weighted by Crippen LogP contribution is -2.47. The first-order chi connectivity index (χ1) is 16.9. The van der Waals surface area contributed by atoms with Crippen LogP contribution in [0.5, 0.6) is 11.5 Å². The molecule has 0 atom stereocenters. The summed E-state index contributed by atoms with van der Waals surface area (Å²) < 4.78 is 10.9. The van der Waals surface area contributed by atoms with E-state index in [1.165, 1.54) is 0 Å². The van der Waals surface area contributed by atoms with Crippen molar-refractivity contribution in [3.8, 4) is 11.5 Å². The van der Waals surface area contributed by atoms with Gasteiger partial charge in [0.1, 0.15) is 6.54 Å². The Morgan fingerprint density at radius 1 is 1.03 bits per heavy atom. The van der Waals surface area contributed by atoms with Crippen LogP contribution < -0.4 is 14.8 Å². The number of nitrogens with one attached hydrogen (secondary N) is 1. The van der Waals surface area contributed by atoms with Gasteiger partial charge in [0.15, 0.2) is 11.5 Å². The van der Waals surface area contributed by atoms with Crippen molar-refractivity contribution in [3.63, 3.8) is 0 Å². The first-order valence-corrected chi connectivity index (χ1v) is 12.7. The van der Waals surface area contributed by atoms with E-state index >= 15 is 0 Å². The van der Waals surface area contributed by atoms with Gasteiger partial charge in [-0.25, -0.2) is 4.79 Å². The predicted molar refractivity (Wildman–Crippen MR) is 138 cm³/mol. The molecule has 1 N–H and O–H groups in total. The van der Waals surface area contributed by atoms with Crippen molar-refractivity contribution in [2.24, 2.45) is 0 Å². The zero-order valence-corrected chi connectivity index (χ0v) is 21.1. The molecule has 3 amide bonds. The van der Waals surface area contributed by atoms with Crippen LogP contribution in [0.4, 0.5) is 10.5 Å². The predicted octanol–water partition coefficient (Wildman–Crippen LogP) is 5.51. The molecular weight excluding hydrogens is 462 g/mol. The van der Waals surface area contributed by atoms with E-state index in [1.54, 1.807) is 21.1 Å². The Morgan fingerprint density at radius 3 is 2.57 bits per heavy atom. The quantitative estimate of drug-likeness (QED) is 0.427. The van der Waals surface area contributed by atoms with E-state index in [0.29, 0.717) is 24.6 Å². The smallest absolute Gasteiger partial charge is 0.322 e. The normalized spacial score (nSPS) is 12.0. The summed E-state index contributed by atoms with van der Waals surface area (Å²) in [5.41, 5.74) is 2.77. The number of anilines is 1. The van der Waals surface area contributed by atoms with Gasteiger partial charge in [0.05, 0.1) is 6.54 Å². The van der Waals surface area contributed by atoms with Gasteiger partial charge in [-0.2, -0.15) is 0 Å². The summed E-state index contributed by atoms with van der Waals surface area (Å²) in [5, 5.41) is 5.00. The summed E-state index contributed by atoms with van der Waals surface area (Å²) in [5.74, 6) is 1.27. The first kappa shape index (κ1) is 24.6. The fourth-order valence-corrected chi connectivity index (χ4v) is 4.67. The molecular formula is C27H31N3O4S. The molecule has 0 saturated heterocycles. The monoisotopic (exact) mass is 493 g/mol.